The van der Waals surface area contributed by atoms with Crippen LogP contribution in [0.15, 0.2) is 0 Å². The second kappa shape index (κ2) is 4.61. The van der Waals surface area contributed by atoms with E-state index in [0.717, 1.165) is 0 Å². The zero-order valence-corrected chi connectivity index (χ0v) is 15.3. The van der Waals surface area contributed by atoms with Crippen LogP contribution in [-0.2, 0) is 14.4 Å². The number of alkyl halides is 2. The molecule has 2 saturated heterocycles. The molecule has 9 heteroatoms. The molecule has 2 aliphatic heterocycles. The average molecular weight is 442 g/mol. The van der Waals surface area contributed by atoms with Crippen molar-refractivity contribution in [2.45, 2.75) is 45.7 Å². The third-order valence-electron chi connectivity index (χ3n) is 4.12. The summed E-state index contributed by atoms with van der Waals surface area (Å²) in [6.07, 6.45) is 0.671. The highest BCUT2D eigenvalue weighted by Gasteiger charge is 2.65. The first-order chi connectivity index (χ1) is 9.56. The number of hydrogen-bond acceptors (Lipinski definition) is 4. The maximum Gasteiger partial charge on any atom is 0.327 e. The van der Waals surface area contributed by atoms with Crippen molar-refractivity contribution >= 4 is 61.4 Å². The van der Waals surface area contributed by atoms with Crippen LogP contribution in [-0.4, -0.2) is 53.2 Å². The lowest BCUT2D eigenvalue weighted by Gasteiger charge is -2.43. The average Bonchev–Trinajstić information content (AvgIpc) is 2.90. The van der Waals surface area contributed by atoms with E-state index in [1.165, 1.54) is 16.7 Å². The lowest BCUT2D eigenvalue weighted by molar-refractivity contribution is -0.161. The standard InChI is InChI=1S/C12H14Br2N2O4S/c1-11(2)6(10(19)20)16-8(18)5(9(16)21-11)15-7(17)4-3-12(4,13)14/h4-6,9H,3H2,1-2H3,(H,15,17)(H,19,20)/t4?,5-,6+,9-/m1/s1. The molecule has 3 aliphatic rings. The molecule has 4 atom stereocenters. The van der Waals surface area contributed by atoms with Crippen LogP contribution in [0.2, 0.25) is 0 Å². The molecular weight excluding hydrogens is 428 g/mol. The number of carbonyl (C=O) groups is 3. The SMILES string of the molecule is CC1(C)S[C@@H]2[C@H](NC(=O)C3CC3(Br)Br)C(=O)N2[C@H]1C(=O)O. The first-order valence-corrected chi connectivity index (χ1v) is 8.94. The Kier molecular flexibility index (Phi) is 3.43. The Hall–Kier alpha value is -0.280. The van der Waals surface area contributed by atoms with Gasteiger partial charge in [0.25, 0.3) is 0 Å². The molecule has 3 fully saturated rings. The summed E-state index contributed by atoms with van der Waals surface area (Å²) >= 11 is 8.18. The van der Waals surface area contributed by atoms with E-state index >= 15 is 0 Å². The van der Waals surface area contributed by atoms with Gasteiger partial charge in [0.1, 0.15) is 17.5 Å². The van der Waals surface area contributed by atoms with E-state index in [2.05, 4.69) is 37.2 Å². The Balaban J connectivity index is 1.71. The zero-order chi connectivity index (χ0) is 15.7. The number of β-lactam (4-membered cyclic amide) rings is 1. The number of amides is 2. The Morgan fingerprint density at radius 3 is 2.48 bits per heavy atom. The number of carboxylic acids is 1. The topological polar surface area (TPSA) is 86.7 Å². The van der Waals surface area contributed by atoms with E-state index < -0.39 is 22.8 Å². The minimum Gasteiger partial charge on any atom is -0.480 e. The van der Waals surface area contributed by atoms with Crippen LogP contribution in [0.3, 0.4) is 0 Å². The quantitative estimate of drug-likeness (QED) is 0.506. The number of thioether (sulfide) groups is 1. The van der Waals surface area contributed by atoms with Crippen molar-refractivity contribution in [3.8, 4) is 0 Å². The number of nitrogens with zero attached hydrogens (tertiary/aromatic N) is 1. The maximum absolute atomic E-state index is 12.2. The smallest absolute Gasteiger partial charge is 0.327 e. The number of aliphatic carboxylic acids is 1. The van der Waals surface area contributed by atoms with Gasteiger partial charge in [-0.1, -0.05) is 31.9 Å². The predicted molar refractivity (Wildman–Crippen MR) is 84.4 cm³/mol. The number of nitrogens with one attached hydrogen (secondary N) is 1. The summed E-state index contributed by atoms with van der Waals surface area (Å²) in [5, 5.41) is 11.8. The lowest BCUT2D eigenvalue weighted by Crippen LogP contribution is -2.70. The summed E-state index contributed by atoms with van der Waals surface area (Å²) in [5.41, 5.74) is 0. The van der Waals surface area contributed by atoms with Crippen molar-refractivity contribution in [1.29, 1.82) is 0 Å². The highest BCUT2D eigenvalue weighted by Crippen LogP contribution is 2.57. The Morgan fingerprint density at radius 1 is 1.43 bits per heavy atom. The van der Waals surface area contributed by atoms with E-state index in [4.69, 9.17) is 0 Å². The fraction of sp³-hybridized carbons (Fsp3) is 0.750. The lowest BCUT2D eigenvalue weighted by atomic mass is 9.96. The van der Waals surface area contributed by atoms with E-state index in [1.54, 1.807) is 0 Å². The van der Waals surface area contributed by atoms with Crippen molar-refractivity contribution in [2.75, 3.05) is 0 Å². The number of fused-ring (bicyclic) bond motifs is 1. The minimum atomic E-state index is -1.00. The Labute approximate surface area is 142 Å². The minimum absolute atomic E-state index is 0.182. The molecule has 0 aromatic carbocycles. The van der Waals surface area contributed by atoms with Gasteiger partial charge in [0.2, 0.25) is 11.8 Å². The molecule has 6 nitrogen and oxygen atoms in total. The maximum atomic E-state index is 12.2. The molecule has 1 aliphatic carbocycles. The second-order valence-electron chi connectivity index (χ2n) is 6.10. The van der Waals surface area contributed by atoms with Crippen molar-refractivity contribution < 1.29 is 19.5 Å². The summed E-state index contributed by atoms with van der Waals surface area (Å²) in [4.78, 5) is 37.0. The molecule has 21 heavy (non-hydrogen) atoms. The van der Waals surface area contributed by atoms with E-state index in [-0.39, 0.29) is 26.3 Å². The van der Waals surface area contributed by atoms with Gasteiger partial charge in [0.05, 0.1) is 9.15 Å². The molecule has 1 saturated carbocycles. The first-order valence-electron chi connectivity index (χ1n) is 6.47. The Morgan fingerprint density at radius 2 is 2.00 bits per heavy atom. The van der Waals surface area contributed by atoms with E-state index in [9.17, 15) is 19.5 Å². The summed E-state index contributed by atoms with van der Waals surface area (Å²) < 4.78 is -0.928. The van der Waals surface area contributed by atoms with Gasteiger partial charge in [-0.25, -0.2) is 4.79 Å². The molecule has 2 heterocycles. The van der Waals surface area contributed by atoms with Crippen LogP contribution in [0.25, 0.3) is 0 Å². The summed E-state index contributed by atoms with van der Waals surface area (Å²) in [7, 11) is 0. The van der Waals surface area contributed by atoms with Crippen LogP contribution in [0, 0.1) is 5.92 Å². The predicted octanol–water partition coefficient (Wildman–Crippen LogP) is 1.12. The first kappa shape index (κ1) is 15.6. The highest BCUT2D eigenvalue weighted by atomic mass is 79.9. The monoisotopic (exact) mass is 440 g/mol. The van der Waals surface area contributed by atoms with Crippen LogP contribution in [0.4, 0.5) is 0 Å². The van der Waals surface area contributed by atoms with Crippen molar-refractivity contribution in [3.63, 3.8) is 0 Å². The molecule has 0 bridgehead atoms. The molecule has 1 unspecified atom stereocenters. The number of carbonyl (C=O) groups excluding carboxylic acids is 2. The van der Waals surface area contributed by atoms with Gasteiger partial charge in [0, 0.05) is 4.75 Å². The van der Waals surface area contributed by atoms with Crippen LogP contribution in [0.1, 0.15) is 20.3 Å². The van der Waals surface area contributed by atoms with Crippen LogP contribution >= 0.6 is 43.6 Å². The fourth-order valence-electron chi connectivity index (χ4n) is 2.90. The molecule has 3 rings (SSSR count). The third-order valence-corrected chi connectivity index (χ3v) is 7.44. The molecule has 2 N–H and O–H groups in total. The zero-order valence-electron chi connectivity index (χ0n) is 11.3. The number of halogens is 2. The van der Waals surface area contributed by atoms with Gasteiger partial charge >= 0.3 is 5.97 Å². The fourth-order valence-corrected chi connectivity index (χ4v) is 5.59. The molecular formula is C12H14Br2N2O4S. The number of hydrogen-bond donors (Lipinski definition) is 2. The van der Waals surface area contributed by atoms with Crippen LogP contribution < -0.4 is 5.32 Å². The van der Waals surface area contributed by atoms with E-state index in [0.29, 0.717) is 6.42 Å². The summed E-state index contributed by atoms with van der Waals surface area (Å²) in [5.74, 6) is -1.70. The van der Waals surface area contributed by atoms with Crippen molar-refractivity contribution in [3.05, 3.63) is 0 Å². The Bertz CT molecular complexity index is 553. The summed E-state index contributed by atoms with van der Waals surface area (Å²) in [6, 6.07) is -1.47. The van der Waals surface area contributed by atoms with Gasteiger partial charge in [-0.3, -0.25) is 9.59 Å². The van der Waals surface area contributed by atoms with Gasteiger partial charge in [0.15, 0.2) is 0 Å². The van der Waals surface area contributed by atoms with Gasteiger partial charge in [-0.05, 0) is 20.3 Å². The van der Waals surface area contributed by atoms with Crippen molar-refractivity contribution in [2.24, 2.45) is 5.92 Å². The molecule has 116 valence electrons. The normalized spacial score (nSPS) is 38.5. The number of rotatable bonds is 3. The molecule has 0 aromatic rings. The molecule has 2 amide bonds. The van der Waals surface area contributed by atoms with E-state index in [1.807, 2.05) is 13.8 Å². The van der Waals surface area contributed by atoms with Gasteiger partial charge < -0.3 is 15.3 Å². The van der Waals surface area contributed by atoms with Gasteiger partial charge in [-0.15, -0.1) is 11.8 Å². The second-order valence-corrected chi connectivity index (χ2v) is 11.8. The number of carboxylic acid groups (broad SMARTS) is 1. The van der Waals surface area contributed by atoms with Crippen LogP contribution in [0.5, 0.6) is 0 Å². The summed E-state index contributed by atoms with van der Waals surface area (Å²) in [6.45, 7) is 3.62. The molecule has 0 aromatic heterocycles. The van der Waals surface area contributed by atoms with Crippen molar-refractivity contribution in [1.82, 2.24) is 10.2 Å². The largest absolute Gasteiger partial charge is 0.480 e. The van der Waals surface area contributed by atoms with Gasteiger partial charge in [-0.2, -0.15) is 0 Å². The molecule has 0 spiro atoms. The highest BCUT2D eigenvalue weighted by molar-refractivity contribution is 9.25. The molecule has 0 radical (unpaired) electrons. The third kappa shape index (κ3) is 2.31.